The molecule has 0 radical (unpaired) electrons. The van der Waals surface area contributed by atoms with E-state index >= 15 is 0 Å². The number of nitrogens with one attached hydrogen (secondary N) is 1. The number of aliphatic hydroxyl groups excluding tert-OH is 1. The summed E-state index contributed by atoms with van der Waals surface area (Å²) in [5, 5.41) is 12.1. The van der Waals surface area contributed by atoms with Gasteiger partial charge in [-0.1, -0.05) is 29.8 Å². The fraction of sp³-hybridized carbons (Fsp3) is 0.900. The minimum atomic E-state index is -0.511. The molecule has 0 aromatic heterocycles. The maximum atomic E-state index is 11.5. The Kier molecular flexibility index (Phi) is 8.00. The van der Waals surface area contributed by atoms with Gasteiger partial charge in [-0.2, -0.15) is 0 Å². The second kappa shape index (κ2) is 8.07. The smallest absolute Gasteiger partial charge is 0.234 e. The highest BCUT2D eigenvalue weighted by molar-refractivity contribution is 9.10. The van der Waals surface area contributed by atoms with Crippen LogP contribution < -0.4 is 5.32 Å². The lowest BCUT2D eigenvalue weighted by Crippen LogP contribution is -2.36. The summed E-state index contributed by atoms with van der Waals surface area (Å²) in [6.07, 6.45) is 0.000310. The zero-order valence-electron chi connectivity index (χ0n) is 9.50. The number of alkyl halides is 1. The van der Waals surface area contributed by atoms with E-state index < -0.39 is 6.10 Å². The number of hydrogen-bond acceptors (Lipinski definition) is 3. The molecule has 1 amide bonds. The van der Waals surface area contributed by atoms with Crippen molar-refractivity contribution in [2.45, 2.75) is 31.2 Å². The summed E-state index contributed by atoms with van der Waals surface area (Å²) >= 11 is 3.31. The molecule has 2 unspecified atom stereocenters. The Labute approximate surface area is 99.5 Å². The third-order valence-electron chi connectivity index (χ3n) is 1.97. The molecule has 90 valence electrons. The molecule has 0 rings (SSSR count). The van der Waals surface area contributed by atoms with Crippen molar-refractivity contribution >= 4 is 21.8 Å². The van der Waals surface area contributed by atoms with Crippen molar-refractivity contribution in [2.75, 3.05) is 20.3 Å². The fourth-order valence-electron chi connectivity index (χ4n) is 1.04. The molecule has 0 saturated heterocycles. The Hall–Kier alpha value is -0.130. The van der Waals surface area contributed by atoms with Crippen LogP contribution in [0, 0.1) is 5.92 Å². The van der Waals surface area contributed by atoms with Gasteiger partial charge < -0.3 is 15.2 Å². The van der Waals surface area contributed by atoms with Gasteiger partial charge >= 0.3 is 0 Å². The van der Waals surface area contributed by atoms with Crippen LogP contribution in [-0.4, -0.2) is 42.2 Å². The maximum absolute atomic E-state index is 11.5. The van der Waals surface area contributed by atoms with Crippen LogP contribution in [0.3, 0.4) is 0 Å². The second-order valence-corrected chi connectivity index (χ2v) is 4.82. The molecule has 0 heterocycles. The summed E-state index contributed by atoms with van der Waals surface area (Å²) in [4.78, 5) is 11.3. The highest BCUT2D eigenvalue weighted by Gasteiger charge is 2.17. The Morgan fingerprint density at radius 3 is 2.60 bits per heavy atom. The van der Waals surface area contributed by atoms with E-state index in [9.17, 15) is 9.90 Å². The predicted molar refractivity (Wildman–Crippen MR) is 63.1 cm³/mol. The molecule has 0 bridgehead atoms. The van der Waals surface area contributed by atoms with Crippen molar-refractivity contribution in [3.8, 4) is 0 Å². The van der Waals surface area contributed by atoms with Crippen molar-refractivity contribution in [1.29, 1.82) is 0 Å². The van der Waals surface area contributed by atoms with Gasteiger partial charge in [0, 0.05) is 13.7 Å². The zero-order chi connectivity index (χ0) is 11.8. The number of carbonyl (C=O) groups excluding carboxylic acids is 1. The summed E-state index contributed by atoms with van der Waals surface area (Å²) in [7, 11) is 1.54. The van der Waals surface area contributed by atoms with Crippen molar-refractivity contribution < 1.29 is 14.6 Å². The van der Waals surface area contributed by atoms with E-state index in [0.29, 0.717) is 19.6 Å². The number of rotatable bonds is 7. The van der Waals surface area contributed by atoms with Gasteiger partial charge in [0.2, 0.25) is 5.91 Å². The van der Waals surface area contributed by atoms with E-state index in [0.717, 1.165) is 0 Å². The van der Waals surface area contributed by atoms with Gasteiger partial charge in [-0.3, -0.25) is 4.79 Å². The minimum absolute atomic E-state index is 0.0328. The standard InChI is InChI=1S/C10H20BrNO3/c1-7(2)9(11)10(14)12-5-4-8(13)6-15-3/h7-9,13H,4-6H2,1-3H3,(H,12,14). The quantitative estimate of drug-likeness (QED) is 0.683. The highest BCUT2D eigenvalue weighted by Crippen LogP contribution is 2.11. The molecule has 2 atom stereocenters. The number of hydrogen-bond donors (Lipinski definition) is 2. The van der Waals surface area contributed by atoms with Crippen molar-refractivity contribution in [1.82, 2.24) is 5.32 Å². The average Bonchev–Trinajstić information content (AvgIpc) is 2.16. The van der Waals surface area contributed by atoms with E-state index in [1.165, 1.54) is 7.11 Å². The van der Waals surface area contributed by atoms with Crippen LogP contribution >= 0.6 is 15.9 Å². The van der Waals surface area contributed by atoms with Crippen molar-refractivity contribution in [2.24, 2.45) is 5.92 Å². The number of methoxy groups -OCH3 is 1. The van der Waals surface area contributed by atoms with Gasteiger partial charge in [0.1, 0.15) is 0 Å². The van der Waals surface area contributed by atoms with Gasteiger partial charge in [-0.05, 0) is 12.3 Å². The molecule has 4 nitrogen and oxygen atoms in total. The normalized spacial score (nSPS) is 15.1. The van der Waals surface area contributed by atoms with E-state index in [4.69, 9.17) is 4.74 Å². The molecule has 0 saturated carbocycles. The number of ether oxygens (including phenoxy) is 1. The summed E-state index contributed by atoms with van der Waals surface area (Å²) in [6, 6.07) is 0. The van der Waals surface area contributed by atoms with E-state index in [-0.39, 0.29) is 16.7 Å². The first-order chi connectivity index (χ1) is 6.99. The predicted octanol–water partition coefficient (Wildman–Crippen LogP) is 0.919. The van der Waals surface area contributed by atoms with Gasteiger partial charge in [-0.15, -0.1) is 0 Å². The molecule has 0 aliphatic rings. The lowest BCUT2D eigenvalue weighted by atomic mass is 10.1. The van der Waals surface area contributed by atoms with E-state index in [1.807, 2.05) is 13.8 Å². The van der Waals surface area contributed by atoms with Gasteiger partial charge in [0.05, 0.1) is 17.5 Å². The van der Waals surface area contributed by atoms with Crippen LogP contribution in [-0.2, 0) is 9.53 Å². The minimum Gasteiger partial charge on any atom is -0.391 e. The molecule has 2 N–H and O–H groups in total. The molecule has 0 aromatic carbocycles. The lowest BCUT2D eigenvalue weighted by Gasteiger charge is -2.15. The van der Waals surface area contributed by atoms with Crippen LogP contribution in [0.15, 0.2) is 0 Å². The van der Waals surface area contributed by atoms with Crippen LogP contribution in [0.1, 0.15) is 20.3 Å². The highest BCUT2D eigenvalue weighted by atomic mass is 79.9. The molecule has 0 aliphatic carbocycles. The van der Waals surface area contributed by atoms with E-state index in [1.54, 1.807) is 0 Å². The van der Waals surface area contributed by atoms with Gasteiger partial charge in [-0.25, -0.2) is 0 Å². The SMILES string of the molecule is COCC(O)CCNC(=O)C(Br)C(C)C. The average molecular weight is 282 g/mol. The lowest BCUT2D eigenvalue weighted by molar-refractivity contribution is -0.121. The van der Waals surface area contributed by atoms with Crippen LogP contribution in [0.2, 0.25) is 0 Å². The number of carbonyl (C=O) groups is 1. The molecule has 0 fully saturated rings. The topological polar surface area (TPSA) is 58.6 Å². The van der Waals surface area contributed by atoms with Crippen LogP contribution in [0.25, 0.3) is 0 Å². The van der Waals surface area contributed by atoms with Crippen LogP contribution in [0.4, 0.5) is 0 Å². The summed E-state index contributed by atoms with van der Waals surface area (Å²) in [5.41, 5.74) is 0. The summed E-state index contributed by atoms with van der Waals surface area (Å²) < 4.78 is 4.77. The number of amides is 1. The molecular formula is C10H20BrNO3. The van der Waals surface area contributed by atoms with Crippen LogP contribution in [0.5, 0.6) is 0 Å². The maximum Gasteiger partial charge on any atom is 0.234 e. The first-order valence-corrected chi connectivity index (χ1v) is 5.99. The Balaban J connectivity index is 3.63. The first-order valence-electron chi connectivity index (χ1n) is 5.07. The Morgan fingerprint density at radius 2 is 2.13 bits per heavy atom. The zero-order valence-corrected chi connectivity index (χ0v) is 11.1. The molecule has 5 heteroatoms. The molecule has 0 aromatic rings. The van der Waals surface area contributed by atoms with Gasteiger partial charge in [0.15, 0.2) is 0 Å². The van der Waals surface area contributed by atoms with Crippen molar-refractivity contribution in [3.05, 3.63) is 0 Å². The Morgan fingerprint density at radius 1 is 1.53 bits per heavy atom. The number of aliphatic hydroxyl groups is 1. The molecule has 0 aliphatic heterocycles. The largest absolute Gasteiger partial charge is 0.391 e. The number of halogens is 1. The summed E-state index contributed by atoms with van der Waals surface area (Å²) in [5.74, 6) is 0.225. The molecule has 15 heavy (non-hydrogen) atoms. The monoisotopic (exact) mass is 281 g/mol. The fourth-order valence-corrected chi connectivity index (χ4v) is 1.20. The van der Waals surface area contributed by atoms with E-state index in [2.05, 4.69) is 21.2 Å². The summed E-state index contributed by atoms with van der Waals surface area (Å²) in [6.45, 7) is 4.72. The molecule has 0 spiro atoms. The third-order valence-corrected chi connectivity index (χ3v) is 3.44. The van der Waals surface area contributed by atoms with Gasteiger partial charge in [0.25, 0.3) is 0 Å². The second-order valence-electron chi connectivity index (χ2n) is 3.83. The Bertz CT molecular complexity index is 188. The third kappa shape index (κ3) is 6.87. The van der Waals surface area contributed by atoms with Crippen molar-refractivity contribution in [3.63, 3.8) is 0 Å². The molecular weight excluding hydrogens is 262 g/mol. The first kappa shape index (κ1) is 14.9.